The van der Waals surface area contributed by atoms with Gasteiger partial charge in [0, 0.05) is 38.2 Å². The van der Waals surface area contributed by atoms with Crippen LogP contribution in [0.2, 0.25) is 0 Å². The van der Waals surface area contributed by atoms with Crippen LogP contribution in [0.1, 0.15) is 0 Å². The summed E-state index contributed by atoms with van der Waals surface area (Å²) in [5, 5.41) is 11.5. The quantitative estimate of drug-likeness (QED) is 0.179. The molecule has 0 fully saturated rings. The third-order valence-electron chi connectivity index (χ3n) is 10.4. The Bertz CT molecular complexity index is 3200. The summed E-state index contributed by atoms with van der Waals surface area (Å²) < 4.78 is 6.65. The van der Waals surface area contributed by atoms with E-state index in [2.05, 4.69) is 164 Å². The van der Waals surface area contributed by atoms with Crippen LogP contribution in [-0.4, -0.2) is 9.97 Å². The van der Waals surface area contributed by atoms with Crippen molar-refractivity contribution in [1.29, 1.82) is 0 Å². The predicted octanol–water partition coefficient (Wildman–Crippen LogP) is 13.1. The third-order valence-corrected chi connectivity index (χ3v) is 10.4. The summed E-state index contributed by atoms with van der Waals surface area (Å²) in [6.45, 7) is 0. The highest BCUT2D eigenvalue weighted by atomic mass is 16.3. The Hall–Kier alpha value is -6.84. The van der Waals surface area contributed by atoms with Crippen molar-refractivity contribution in [3.63, 3.8) is 0 Å². The molecular weight excluding hydrogens is 621 g/mol. The lowest BCUT2D eigenvalue weighted by Crippen LogP contribution is -1.98. The number of para-hydroxylation sites is 1. The fourth-order valence-electron chi connectivity index (χ4n) is 8.10. The minimum atomic E-state index is 0.850. The summed E-state index contributed by atoms with van der Waals surface area (Å²) >= 11 is 0. The topological polar surface area (TPSA) is 38.9 Å². The van der Waals surface area contributed by atoms with E-state index in [9.17, 15) is 0 Å². The van der Waals surface area contributed by atoms with Gasteiger partial charge >= 0.3 is 0 Å². The van der Waals surface area contributed by atoms with E-state index in [0.29, 0.717) is 0 Å². The molecule has 2 aromatic heterocycles. The highest BCUT2D eigenvalue weighted by Gasteiger charge is 2.21. The number of furan rings is 1. The number of benzene rings is 9. The van der Waals surface area contributed by atoms with Crippen LogP contribution in [0, 0.1) is 0 Å². The second-order valence-electron chi connectivity index (χ2n) is 13.3. The van der Waals surface area contributed by atoms with Gasteiger partial charge in [0.1, 0.15) is 11.2 Å². The van der Waals surface area contributed by atoms with E-state index < -0.39 is 0 Å². The number of aromatic nitrogens is 2. The van der Waals surface area contributed by atoms with Gasteiger partial charge in [0.05, 0.1) is 22.4 Å². The first-order valence-electron chi connectivity index (χ1n) is 17.3. The monoisotopic (exact) mass is 648 g/mol. The Labute approximate surface area is 293 Å². The molecule has 0 aliphatic carbocycles. The van der Waals surface area contributed by atoms with Crippen LogP contribution in [0.3, 0.4) is 0 Å². The van der Waals surface area contributed by atoms with Gasteiger partial charge in [-0.1, -0.05) is 152 Å². The van der Waals surface area contributed by atoms with Crippen molar-refractivity contribution in [3.05, 3.63) is 170 Å². The SMILES string of the molecule is c1cc(-c2nc3c4ccccc4c4ccccc4c3nc2-c2cccc3ccccc23)cc(-c2cc3ccccc3c3c2oc2ccccc23)c1. The van der Waals surface area contributed by atoms with E-state index in [1.807, 2.05) is 6.07 Å². The molecule has 11 rings (SSSR count). The zero-order valence-corrected chi connectivity index (χ0v) is 27.5. The number of rotatable bonds is 3. The standard InChI is InChI=1S/C48H28N2O/c1-3-18-33-29(13-1)15-12-25-37(33)45-44(49-46-38-22-7-5-20-35(38)36-21-6-8-23-39(36)47(46)50-45)32-17-11-16-30(27-32)41-28-31-14-2-4-19-34(31)43-40-24-9-10-26-42(40)51-48(41)43/h1-28H. The third kappa shape index (κ3) is 4.19. The summed E-state index contributed by atoms with van der Waals surface area (Å²) in [7, 11) is 0. The van der Waals surface area contributed by atoms with Gasteiger partial charge < -0.3 is 4.42 Å². The van der Waals surface area contributed by atoms with E-state index in [-0.39, 0.29) is 0 Å². The zero-order chi connectivity index (χ0) is 33.5. The van der Waals surface area contributed by atoms with Gasteiger partial charge in [0.15, 0.2) is 0 Å². The molecule has 0 N–H and O–H groups in total. The molecule has 0 saturated heterocycles. The van der Waals surface area contributed by atoms with E-state index in [1.165, 1.54) is 26.9 Å². The molecule has 2 heterocycles. The molecule has 51 heavy (non-hydrogen) atoms. The Balaban J connectivity index is 1.24. The molecule has 236 valence electrons. The molecular formula is C48H28N2O. The molecule has 3 nitrogen and oxygen atoms in total. The largest absolute Gasteiger partial charge is 0.455 e. The van der Waals surface area contributed by atoms with Gasteiger partial charge in [-0.05, 0) is 56.1 Å². The molecule has 0 bridgehead atoms. The van der Waals surface area contributed by atoms with Crippen LogP contribution in [0.15, 0.2) is 174 Å². The predicted molar refractivity (Wildman–Crippen MR) is 213 cm³/mol. The van der Waals surface area contributed by atoms with Gasteiger partial charge in [-0.15, -0.1) is 0 Å². The first-order valence-corrected chi connectivity index (χ1v) is 17.3. The number of hydrogen-bond acceptors (Lipinski definition) is 3. The Morgan fingerprint density at radius 1 is 0.353 bits per heavy atom. The van der Waals surface area contributed by atoms with Crippen LogP contribution >= 0.6 is 0 Å². The Morgan fingerprint density at radius 3 is 1.67 bits per heavy atom. The van der Waals surface area contributed by atoms with Gasteiger partial charge in [-0.2, -0.15) is 0 Å². The molecule has 11 aromatic rings. The molecule has 0 radical (unpaired) electrons. The van der Waals surface area contributed by atoms with Crippen molar-refractivity contribution in [3.8, 4) is 33.6 Å². The minimum Gasteiger partial charge on any atom is -0.455 e. The van der Waals surface area contributed by atoms with Gasteiger partial charge in [-0.25, -0.2) is 9.97 Å². The normalized spacial score (nSPS) is 11.9. The summed E-state index contributed by atoms with van der Waals surface area (Å²) in [5.74, 6) is 0. The molecule has 9 aromatic carbocycles. The van der Waals surface area contributed by atoms with Crippen molar-refractivity contribution in [1.82, 2.24) is 9.97 Å². The highest BCUT2D eigenvalue weighted by molar-refractivity contribution is 6.24. The molecule has 3 heteroatoms. The van der Waals surface area contributed by atoms with Crippen molar-refractivity contribution >= 4 is 76.1 Å². The fourth-order valence-corrected chi connectivity index (χ4v) is 8.10. The molecule has 0 spiro atoms. The van der Waals surface area contributed by atoms with Gasteiger partial charge in [-0.3, -0.25) is 0 Å². The second kappa shape index (κ2) is 10.8. The number of hydrogen-bond donors (Lipinski definition) is 0. The lowest BCUT2D eigenvalue weighted by molar-refractivity contribution is 0.670. The smallest absolute Gasteiger partial charge is 0.143 e. The minimum absolute atomic E-state index is 0.850. The average Bonchev–Trinajstić information content (AvgIpc) is 3.60. The Kier molecular flexibility index (Phi) is 5.96. The van der Waals surface area contributed by atoms with Crippen LogP contribution in [0.5, 0.6) is 0 Å². The molecule has 0 amide bonds. The van der Waals surface area contributed by atoms with Gasteiger partial charge in [0.2, 0.25) is 0 Å². The first-order chi connectivity index (χ1) is 25.3. The zero-order valence-electron chi connectivity index (χ0n) is 27.5. The molecule has 0 atom stereocenters. The van der Waals surface area contributed by atoms with Crippen molar-refractivity contribution < 1.29 is 4.42 Å². The molecule has 0 aliphatic rings. The number of nitrogens with zero attached hydrogens (tertiary/aromatic N) is 2. The molecule has 0 unspecified atom stereocenters. The van der Waals surface area contributed by atoms with E-state index in [1.54, 1.807) is 0 Å². The summed E-state index contributed by atoms with van der Waals surface area (Å²) in [6, 6.07) is 60.0. The summed E-state index contributed by atoms with van der Waals surface area (Å²) in [4.78, 5) is 11.2. The lowest BCUT2D eigenvalue weighted by Gasteiger charge is -2.16. The van der Waals surface area contributed by atoms with Crippen LogP contribution in [0.25, 0.3) is 110 Å². The van der Waals surface area contributed by atoms with E-state index in [0.717, 1.165) is 82.8 Å². The van der Waals surface area contributed by atoms with E-state index in [4.69, 9.17) is 14.4 Å². The van der Waals surface area contributed by atoms with E-state index >= 15 is 0 Å². The van der Waals surface area contributed by atoms with Crippen LogP contribution in [-0.2, 0) is 0 Å². The van der Waals surface area contributed by atoms with Gasteiger partial charge in [0.25, 0.3) is 0 Å². The Morgan fingerprint density at radius 2 is 0.902 bits per heavy atom. The first kappa shape index (κ1) is 28.0. The van der Waals surface area contributed by atoms with Crippen molar-refractivity contribution in [2.75, 3.05) is 0 Å². The fraction of sp³-hybridized carbons (Fsp3) is 0. The summed E-state index contributed by atoms with van der Waals surface area (Å²) in [6.07, 6.45) is 0. The second-order valence-corrected chi connectivity index (χ2v) is 13.3. The van der Waals surface area contributed by atoms with Crippen LogP contribution in [0.4, 0.5) is 0 Å². The van der Waals surface area contributed by atoms with Crippen molar-refractivity contribution in [2.45, 2.75) is 0 Å². The highest BCUT2D eigenvalue weighted by Crippen LogP contribution is 2.43. The molecule has 0 saturated carbocycles. The lowest BCUT2D eigenvalue weighted by atomic mass is 9.93. The van der Waals surface area contributed by atoms with Crippen molar-refractivity contribution in [2.24, 2.45) is 0 Å². The maximum atomic E-state index is 6.65. The number of fused-ring (bicyclic) bond motifs is 12. The maximum Gasteiger partial charge on any atom is 0.143 e. The van der Waals surface area contributed by atoms with Crippen LogP contribution < -0.4 is 0 Å². The summed E-state index contributed by atoms with van der Waals surface area (Å²) in [5.41, 5.74) is 9.49. The average molecular weight is 649 g/mol. The maximum absolute atomic E-state index is 6.65. The molecule has 0 aliphatic heterocycles.